The first-order chi connectivity index (χ1) is 10.1. The number of hydrogen-bond acceptors (Lipinski definition) is 4. The maximum Gasteiger partial charge on any atom is 0.270 e. The Kier molecular flexibility index (Phi) is 4.61. The molecule has 0 heterocycles. The first-order valence-electron chi connectivity index (χ1n) is 6.26. The topological polar surface area (TPSA) is 78.6 Å². The highest BCUT2D eigenvalue weighted by atomic mass is 19.1. The van der Waals surface area contributed by atoms with Crippen LogP contribution < -0.4 is 5.11 Å². The molecule has 0 spiro atoms. The SMILES string of the molecule is O=[N+]([O-])c1ccc([O-])c(C=NCCc2ccccc2F)c1. The van der Waals surface area contributed by atoms with Crippen LogP contribution >= 0.6 is 0 Å². The van der Waals surface area contributed by atoms with Crippen molar-refractivity contribution in [2.75, 3.05) is 6.54 Å². The molecular weight excluding hydrogens is 275 g/mol. The van der Waals surface area contributed by atoms with E-state index in [1.165, 1.54) is 18.3 Å². The summed E-state index contributed by atoms with van der Waals surface area (Å²) in [6.45, 7) is 0.295. The van der Waals surface area contributed by atoms with Gasteiger partial charge in [-0.05, 0) is 23.6 Å². The van der Waals surface area contributed by atoms with Gasteiger partial charge in [-0.2, -0.15) is 0 Å². The van der Waals surface area contributed by atoms with E-state index >= 15 is 0 Å². The lowest BCUT2D eigenvalue weighted by Crippen LogP contribution is -1.99. The summed E-state index contributed by atoms with van der Waals surface area (Å²) in [5, 5.41) is 22.2. The minimum atomic E-state index is -0.573. The van der Waals surface area contributed by atoms with E-state index < -0.39 is 4.92 Å². The van der Waals surface area contributed by atoms with Crippen LogP contribution in [0.5, 0.6) is 5.75 Å². The molecule has 0 bridgehead atoms. The summed E-state index contributed by atoms with van der Waals surface area (Å²) in [5.41, 5.74) is 0.527. The molecule has 0 unspecified atom stereocenters. The fourth-order valence-corrected chi connectivity index (χ4v) is 1.80. The summed E-state index contributed by atoms with van der Waals surface area (Å²) in [6.07, 6.45) is 1.68. The van der Waals surface area contributed by atoms with Crippen LogP contribution in [0.4, 0.5) is 10.1 Å². The average Bonchev–Trinajstić information content (AvgIpc) is 2.46. The second-order valence-corrected chi connectivity index (χ2v) is 4.36. The quantitative estimate of drug-likeness (QED) is 0.481. The third-order valence-corrected chi connectivity index (χ3v) is 2.90. The summed E-state index contributed by atoms with van der Waals surface area (Å²) >= 11 is 0. The Morgan fingerprint density at radius 2 is 2.00 bits per heavy atom. The molecule has 0 amide bonds. The van der Waals surface area contributed by atoms with Crippen LogP contribution in [-0.2, 0) is 6.42 Å². The zero-order valence-corrected chi connectivity index (χ0v) is 11.0. The maximum atomic E-state index is 13.4. The zero-order chi connectivity index (χ0) is 15.2. The minimum Gasteiger partial charge on any atom is -0.872 e. The highest BCUT2D eigenvalue weighted by molar-refractivity contribution is 5.84. The maximum absolute atomic E-state index is 13.4. The second-order valence-electron chi connectivity index (χ2n) is 4.36. The number of aliphatic imine (C=N–C) groups is 1. The molecule has 0 atom stereocenters. The molecule has 5 nitrogen and oxygen atoms in total. The lowest BCUT2D eigenvalue weighted by atomic mass is 10.1. The Bertz CT molecular complexity index is 686. The van der Waals surface area contributed by atoms with Gasteiger partial charge in [-0.25, -0.2) is 4.39 Å². The van der Waals surface area contributed by atoms with E-state index in [-0.39, 0.29) is 22.8 Å². The van der Waals surface area contributed by atoms with E-state index in [1.807, 2.05) is 0 Å². The van der Waals surface area contributed by atoms with E-state index in [4.69, 9.17) is 0 Å². The van der Waals surface area contributed by atoms with Gasteiger partial charge in [0.15, 0.2) is 0 Å². The van der Waals surface area contributed by atoms with Crippen LogP contribution in [0.15, 0.2) is 47.5 Å². The van der Waals surface area contributed by atoms with Gasteiger partial charge in [-0.15, -0.1) is 0 Å². The summed E-state index contributed by atoms with van der Waals surface area (Å²) in [5.74, 6) is -0.636. The van der Waals surface area contributed by atoms with Crippen molar-refractivity contribution in [2.24, 2.45) is 4.99 Å². The first-order valence-corrected chi connectivity index (χ1v) is 6.26. The zero-order valence-electron chi connectivity index (χ0n) is 11.0. The Morgan fingerprint density at radius 3 is 2.71 bits per heavy atom. The standard InChI is InChI=1S/C15H13FN2O3/c16-14-4-2-1-3-11(14)7-8-17-10-12-9-13(18(20)21)5-6-15(12)19/h1-6,9-10,19H,7-8H2/p-1. The monoisotopic (exact) mass is 287 g/mol. The summed E-state index contributed by atoms with van der Waals surface area (Å²) < 4.78 is 13.4. The van der Waals surface area contributed by atoms with Crippen LogP contribution in [0.25, 0.3) is 0 Å². The highest BCUT2D eigenvalue weighted by Gasteiger charge is 2.05. The molecule has 0 aliphatic carbocycles. The lowest BCUT2D eigenvalue weighted by molar-refractivity contribution is -0.385. The normalized spacial score (nSPS) is 10.9. The Hall–Kier alpha value is -2.76. The average molecular weight is 287 g/mol. The number of nitro groups is 1. The van der Waals surface area contributed by atoms with Gasteiger partial charge in [0, 0.05) is 24.9 Å². The minimum absolute atomic E-state index is 0.151. The molecule has 0 radical (unpaired) electrons. The Morgan fingerprint density at radius 1 is 1.24 bits per heavy atom. The van der Waals surface area contributed by atoms with Crippen LogP contribution in [-0.4, -0.2) is 17.7 Å². The van der Waals surface area contributed by atoms with E-state index in [9.17, 15) is 19.6 Å². The molecule has 2 aromatic carbocycles. The number of nitrogens with zero attached hydrogens (tertiary/aromatic N) is 2. The van der Waals surface area contributed by atoms with Crippen molar-refractivity contribution in [1.29, 1.82) is 0 Å². The molecule has 0 saturated heterocycles. The lowest BCUT2D eigenvalue weighted by Gasteiger charge is -2.08. The Labute approximate surface area is 120 Å². The van der Waals surface area contributed by atoms with Gasteiger partial charge in [0.2, 0.25) is 0 Å². The summed E-state index contributed by atoms with van der Waals surface area (Å²) in [6, 6.07) is 9.84. The van der Waals surface area contributed by atoms with E-state index in [1.54, 1.807) is 18.2 Å². The number of rotatable bonds is 5. The molecule has 6 heteroatoms. The molecule has 0 aromatic heterocycles. The molecule has 0 aliphatic rings. The number of nitro benzene ring substituents is 1. The molecule has 21 heavy (non-hydrogen) atoms. The number of hydrogen-bond donors (Lipinski definition) is 0. The Balaban J connectivity index is 2.03. The van der Waals surface area contributed by atoms with Gasteiger partial charge in [0.25, 0.3) is 5.69 Å². The fourth-order valence-electron chi connectivity index (χ4n) is 1.80. The van der Waals surface area contributed by atoms with E-state index in [2.05, 4.69) is 4.99 Å². The molecule has 0 fully saturated rings. The van der Waals surface area contributed by atoms with Crippen molar-refractivity contribution in [2.45, 2.75) is 6.42 Å². The van der Waals surface area contributed by atoms with Gasteiger partial charge in [-0.3, -0.25) is 15.1 Å². The third kappa shape index (κ3) is 3.85. The van der Waals surface area contributed by atoms with Crippen molar-refractivity contribution in [1.82, 2.24) is 0 Å². The van der Waals surface area contributed by atoms with Gasteiger partial charge < -0.3 is 5.11 Å². The van der Waals surface area contributed by atoms with Crippen molar-refractivity contribution in [3.63, 3.8) is 0 Å². The van der Waals surface area contributed by atoms with Crippen LogP contribution in [0.1, 0.15) is 11.1 Å². The summed E-state index contributed by atoms with van der Waals surface area (Å²) in [7, 11) is 0. The van der Waals surface area contributed by atoms with Crippen molar-refractivity contribution >= 4 is 11.9 Å². The molecule has 2 aromatic rings. The molecule has 2 rings (SSSR count). The van der Waals surface area contributed by atoms with Crippen molar-refractivity contribution in [3.05, 3.63) is 69.5 Å². The van der Waals surface area contributed by atoms with Gasteiger partial charge in [0.1, 0.15) is 5.82 Å². The number of halogens is 1. The largest absolute Gasteiger partial charge is 0.872 e. The van der Waals surface area contributed by atoms with Crippen LogP contribution in [0.2, 0.25) is 0 Å². The third-order valence-electron chi connectivity index (χ3n) is 2.90. The van der Waals surface area contributed by atoms with Crippen LogP contribution in [0.3, 0.4) is 0 Å². The van der Waals surface area contributed by atoms with Gasteiger partial charge in [0.05, 0.1) is 4.92 Å². The molecule has 0 N–H and O–H groups in total. The van der Waals surface area contributed by atoms with E-state index in [0.717, 1.165) is 12.1 Å². The number of non-ortho nitro benzene ring substituents is 1. The van der Waals surface area contributed by atoms with Gasteiger partial charge in [-0.1, -0.05) is 30.0 Å². The number of benzene rings is 2. The highest BCUT2D eigenvalue weighted by Crippen LogP contribution is 2.19. The molecule has 0 saturated carbocycles. The predicted molar refractivity (Wildman–Crippen MR) is 75.1 cm³/mol. The van der Waals surface area contributed by atoms with Crippen molar-refractivity contribution in [3.8, 4) is 5.75 Å². The van der Waals surface area contributed by atoms with Crippen LogP contribution in [0, 0.1) is 15.9 Å². The molecule has 0 aliphatic heterocycles. The van der Waals surface area contributed by atoms with Crippen molar-refractivity contribution < 1.29 is 14.4 Å². The smallest absolute Gasteiger partial charge is 0.270 e. The summed E-state index contributed by atoms with van der Waals surface area (Å²) in [4.78, 5) is 14.1. The molecule has 108 valence electrons. The molecular formula is C15H12FN2O3-. The van der Waals surface area contributed by atoms with E-state index in [0.29, 0.717) is 18.5 Å². The van der Waals surface area contributed by atoms with Gasteiger partial charge >= 0.3 is 0 Å². The predicted octanol–water partition coefficient (Wildman–Crippen LogP) is 2.47. The first kappa shape index (κ1) is 14.6. The fraction of sp³-hybridized carbons (Fsp3) is 0.133. The second kappa shape index (κ2) is 6.60.